The molecular weight excluding hydrogens is 335 g/mol. The number of alkyl halides is 1. The number of rotatable bonds is 6. The molecular formula is C17H20ClFN2OS. The fourth-order valence-electron chi connectivity index (χ4n) is 1.97. The molecule has 0 fully saturated rings. The maximum atomic E-state index is 13.0. The van der Waals surface area contributed by atoms with Gasteiger partial charge in [0.1, 0.15) is 10.8 Å². The van der Waals surface area contributed by atoms with Crippen LogP contribution in [0.5, 0.6) is 0 Å². The average molecular weight is 355 g/mol. The lowest BCUT2D eigenvalue weighted by Gasteiger charge is -2.20. The molecule has 6 heteroatoms. The molecule has 1 aromatic heterocycles. The van der Waals surface area contributed by atoms with Crippen molar-refractivity contribution >= 4 is 28.8 Å². The number of nitrogens with zero attached hydrogens (tertiary/aromatic N) is 1. The van der Waals surface area contributed by atoms with Gasteiger partial charge in [0.25, 0.3) is 0 Å². The molecule has 0 aliphatic carbocycles. The molecule has 0 saturated heterocycles. The zero-order valence-corrected chi connectivity index (χ0v) is 15.0. The first-order valence-electron chi connectivity index (χ1n) is 7.40. The highest BCUT2D eigenvalue weighted by Crippen LogP contribution is 2.28. The van der Waals surface area contributed by atoms with Gasteiger partial charge in [0.15, 0.2) is 0 Å². The van der Waals surface area contributed by atoms with Gasteiger partial charge in [-0.2, -0.15) is 0 Å². The van der Waals surface area contributed by atoms with Crippen molar-refractivity contribution in [2.24, 2.45) is 5.41 Å². The molecule has 1 heterocycles. The Morgan fingerprint density at radius 3 is 2.61 bits per heavy atom. The number of aryl methyl sites for hydroxylation is 1. The van der Waals surface area contributed by atoms with E-state index in [-0.39, 0.29) is 17.6 Å². The number of aromatic nitrogens is 1. The van der Waals surface area contributed by atoms with Crippen molar-refractivity contribution in [1.82, 2.24) is 10.3 Å². The molecule has 2 rings (SSSR count). The number of nitrogens with one attached hydrogen (secondary N) is 1. The fourth-order valence-corrected chi connectivity index (χ4v) is 3.15. The SMILES string of the molecule is Cc1nc(-c2ccc(F)cc2)sc1CCNC(=O)C(C)(C)CCl. The number of hydrogen-bond acceptors (Lipinski definition) is 3. The van der Waals surface area contributed by atoms with E-state index in [0.29, 0.717) is 6.54 Å². The van der Waals surface area contributed by atoms with E-state index in [4.69, 9.17) is 11.6 Å². The van der Waals surface area contributed by atoms with Crippen LogP contribution in [0.2, 0.25) is 0 Å². The monoisotopic (exact) mass is 354 g/mol. The van der Waals surface area contributed by atoms with Crippen LogP contribution in [0.15, 0.2) is 24.3 Å². The number of amides is 1. The first-order valence-corrected chi connectivity index (χ1v) is 8.75. The van der Waals surface area contributed by atoms with Crippen LogP contribution < -0.4 is 5.32 Å². The summed E-state index contributed by atoms with van der Waals surface area (Å²) in [6.07, 6.45) is 0.717. The molecule has 0 saturated carbocycles. The molecule has 2 aromatic rings. The molecule has 1 aromatic carbocycles. The molecule has 1 N–H and O–H groups in total. The van der Waals surface area contributed by atoms with E-state index in [9.17, 15) is 9.18 Å². The Morgan fingerprint density at radius 1 is 1.35 bits per heavy atom. The lowest BCUT2D eigenvalue weighted by Crippen LogP contribution is -2.39. The Balaban J connectivity index is 1.99. The van der Waals surface area contributed by atoms with Gasteiger partial charge in [0.2, 0.25) is 5.91 Å². The quantitative estimate of drug-likeness (QED) is 0.790. The molecule has 0 spiro atoms. The van der Waals surface area contributed by atoms with Crippen LogP contribution >= 0.6 is 22.9 Å². The van der Waals surface area contributed by atoms with Crippen LogP contribution in [0.3, 0.4) is 0 Å². The van der Waals surface area contributed by atoms with Gasteiger partial charge in [-0.3, -0.25) is 4.79 Å². The number of carbonyl (C=O) groups is 1. The van der Waals surface area contributed by atoms with E-state index in [2.05, 4.69) is 10.3 Å². The maximum absolute atomic E-state index is 13.0. The number of thiazole rings is 1. The molecule has 23 heavy (non-hydrogen) atoms. The van der Waals surface area contributed by atoms with Crippen molar-refractivity contribution in [3.8, 4) is 10.6 Å². The molecule has 3 nitrogen and oxygen atoms in total. The number of hydrogen-bond donors (Lipinski definition) is 1. The number of benzene rings is 1. The topological polar surface area (TPSA) is 42.0 Å². The first-order chi connectivity index (χ1) is 10.8. The second-order valence-corrected chi connectivity index (χ2v) is 7.41. The molecule has 0 bridgehead atoms. The molecule has 0 aliphatic heterocycles. The van der Waals surface area contributed by atoms with Crippen molar-refractivity contribution in [3.63, 3.8) is 0 Å². The van der Waals surface area contributed by atoms with Crippen LogP contribution in [-0.2, 0) is 11.2 Å². The Kier molecular flexibility index (Phi) is 5.76. The fraction of sp³-hybridized carbons (Fsp3) is 0.412. The second-order valence-electron chi connectivity index (χ2n) is 6.06. The first kappa shape index (κ1) is 17.9. The lowest BCUT2D eigenvalue weighted by atomic mass is 9.95. The number of halogens is 2. The predicted octanol–water partition coefficient (Wildman–Crippen LogP) is 4.18. The third-order valence-corrected chi connectivity index (χ3v) is 5.50. The summed E-state index contributed by atoms with van der Waals surface area (Å²) in [5.41, 5.74) is 1.28. The van der Waals surface area contributed by atoms with Gasteiger partial charge in [0, 0.05) is 29.3 Å². The highest BCUT2D eigenvalue weighted by Gasteiger charge is 2.25. The average Bonchev–Trinajstić information content (AvgIpc) is 2.89. The molecule has 1 amide bonds. The molecule has 0 aliphatic rings. The molecule has 0 unspecified atom stereocenters. The minimum Gasteiger partial charge on any atom is -0.355 e. The van der Waals surface area contributed by atoms with E-state index >= 15 is 0 Å². The Hall–Kier alpha value is -1.46. The van der Waals surface area contributed by atoms with Crippen LogP contribution in [0, 0.1) is 18.2 Å². The van der Waals surface area contributed by atoms with E-state index in [0.717, 1.165) is 27.6 Å². The van der Waals surface area contributed by atoms with Crippen LogP contribution in [0.25, 0.3) is 10.6 Å². The van der Waals surface area contributed by atoms with E-state index in [1.54, 1.807) is 23.5 Å². The Bertz CT molecular complexity index is 682. The lowest BCUT2D eigenvalue weighted by molar-refractivity contribution is -0.128. The summed E-state index contributed by atoms with van der Waals surface area (Å²) in [4.78, 5) is 17.6. The summed E-state index contributed by atoms with van der Waals surface area (Å²) in [6, 6.07) is 6.31. The van der Waals surface area contributed by atoms with Gasteiger partial charge in [0.05, 0.1) is 11.1 Å². The normalized spacial score (nSPS) is 11.5. The van der Waals surface area contributed by atoms with Gasteiger partial charge in [-0.25, -0.2) is 9.37 Å². The smallest absolute Gasteiger partial charge is 0.226 e. The molecule has 124 valence electrons. The summed E-state index contributed by atoms with van der Waals surface area (Å²) in [6.45, 7) is 6.13. The van der Waals surface area contributed by atoms with Crippen LogP contribution in [0.4, 0.5) is 4.39 Å². The van der Waals surface area contributed by atoms with Gasteiger partial charge in [-0.1, -0.05) is 0 Å². The summed E-state index contributed by atoms with van der Waals surface area (Å²) in [5, 5.41) is 3.78. The summed E-state index contributed by atoms with van der Waals surface area (Å²) >= 11 is 7.37. The zero-order chi connectivity index (χ0) is 17.0. The third-order valence-electron chi connectivity index (χ3n) is 3.57. The van der Waals surface area contributed by atoms with Gasteiger partial charge in [-0.05, 0) is 45.0 Å². The predicted molar refractivity (Wildman–Crippen MR) is 93.5 cm³/mol. The Labute approximate surface area is 144 Å². The van der Waals surface area contributed by atoms with E-state index in [1.165, 1.54) is 12.1 Å². The Morgan fingerprint density at radius 2 is 2.00 bits per heavy atom. The summed E-state index contributed by atoms with van der Waals surface area (Å²) in [5.74, 6) is -0.0204. The number of carbonyl (C=O) groups excluding carboxylic acids is 1. The third kappa shape index (κ3) is 4.52. The van der Waals surface area contributed by atoms with Crippen molar-refractivity contribution in [2.75, 3.05) is 12.4 Å². The maximum Gasteiger partial charge on any atom is 0.226 e. The van der Waals surface area contributed by atoms with Crippen molar-refractivity contribution in [3.05, 3.63) is 40.7 Å². The summed E-state index contributed by atoms with van der Waals surface area (Å²) < 4.78 is 13.0. The highest BCUT2D eigenvalue weighted by molar-refractivity contribution is 7.15. The highest BCUT2D eigenvalue weighted by atomic mass is 35.5. The van der Waals surface area contributed by atoms with Gasteiger partial charge >= 0.3 is 0 Å². The summed E-state index contributed by atoms with van der Waals surface area (Å²) in [7, 11) is 0. The minimum atomic E-state index is -0.566. The molecule has 0 radical (unpaired) electrons. The zero-order valence-electron chi connectivity index (χ0n) is 13.5. The van der Waals surface area contributed by atoms with Gasteiger partial charge in [-0.15, -0.1) is 22.9 Å². The van der Waals surface area contributed by atoms with Gasteiger partial charge < -0.3 is 5.32 Å². The van der Waals surface area contributed by atoms with Crippen molar-refractivity contribution in [2.45, 2.75) is 27.2 Å². The van der Waals surface area contributed by atoms with E-state index in [1.807, 2.05) is 20.8 Å². The van der Waals surface area contributed by atoms with Crippen LogP contribution in [-0.4, -0.2) is 23.3 Å². The van der Waals surface area contributed by atoms with Crippen LogP contribution in [0.1, 0.15) is 24.4 Å². The van der Waals surface area contributed by atoms with Crippen molar-refractivity contribution in [1.29, 1.82) is 0 Å². The second kappa shape index (κ2) is 7.41. The van der Waals surface area contributed by atoms with E-state index < -0.39 is 5.41 Å². The molecule has 0 atom stereocenters. The largest absolute Gasteiger partial charge is 0.355 e. The standard InChI is InChI=1S/C17H20ClFN2OS/c1-11-14(8-9-20-16(22)17(2,3)10-18)23-15(21-11)12-4-6-13(19)7-5-12/h4-7H,8-10H2,1-3H3,(H,20,22). The van der Waals surface area contributed by atoms with Crippen molar-refractivity contribution < 1.29 is 9.18 Å². The minimum absolute atomic E-state index is 0.0478.